The van der Waals surface area contributed by atoms with Gasteiger partial charge in [0, 0.05) is 0 Å². The fourth-order valence-electron chi connectivity index (χ4n) is 1.92. The Morgan fingerprint density at radius 1 is 1.46 bits per heavy atom. The average Bonchev–Trinajstić information content (AvgIpc) is 2.03. The Bertz CT molecular complexity index is 196. The number of amides is 1. The number of carbonyl (C=O) groups is 1. The Kier molecular flexibility index (Phi) is 2.96. The maximum absolute atomic E-state index is 11.0. The molecule has 3 heteroatoms. The van der Waals surface area contributed by atoms with Crippen LogP contribution >= 0.6 is 0 Å². The molecule has 2 atom stereocenters. The van der Waals surface area contributed by atoms with Crippen LogP contribution in [0.1, 0.15) is 33.6 Å². The van der Waals surface area contributed by atoms with Crippen LogP contribution in [0.25, 0.3) is 0 Å². The lowest BCUT2D eigenvalue weighted by Crippen LogP contribution is -2.48. The third-order valence-corrected chi connectivity index (χ3v) is 2.97. The zero-order valence-corrected chi connectivity index (χ0v) is 8.76. The van der Waals surface area contributed by atoms with Gasteiger partial charge in [-0.15, -0.1) is 0 Å². The van der Waals surface area contributed by atoms with Crippen LogP contribution in [0.2, 0.25) is 0 Å². The second-order valence-electron chi connectivity index (χ2n) is 5.00. The zero-order chi connectivity index (χ0) is 10.1. The highest BCUT2D eigenvalue weighted by Crippen LogP contribution is 2.33. The smallest absolute Gasteiger partial charge is 0.234 e. The van der Waals surface area contributed by atoms with Crippen LogP contribution in [0.15, 0.2) is 0 Å². The highest BCUT2D eigenvalue weighted by atomic mass is 16.1. The standard InChI is InChI=1S/C10H20N2O/c1-10(2,3)7-4-5-12-8(6-7)9(11)13/h7-8,12H,4-6H2,1-3H3,(H2,11,13)/t7-,8+/m0/s1. The van der Waals surface area contributed by atoms with Crippen LogP contribution in [0, 0.1) is 11.3 Å². The Morgan fingerprint density at radius 2 is 2.08 bits per heavy atom. The lowest BCUT2D eigenvalue weighted by molar-refractivity contribution is -0.121. The molecule has 0 aromatic heterocycles. The minimum atomic E-state index is -0.214. The van der Waals surface area contributed by atoms with Gasteiger partial charge in [-0.25, -0.2) is 0 Å². The molecule has 0 aromatic carbocycles. The summed E-state index contributed by atoms with van der Waals surface area (Å²) in [6.07, 6.45) is 2.03. The fourth-order valence-corrected chi connectivity index (χ4v) is 1.92. The summed E-state index contributed by atoms with van der Waals surface area (Å²) in [7, 11) is 0. The van der Waals surface area contributed by atoms with Crippen molar-refractivity contribution in [2.45, 2.75) is 39.7 Å². The quantitative estimate of drug-likeness (QED) is 0.636. The molecule has 0 aliphatic carbocycles. The molecule has 3 nitrogen and oxygen atoms in total. The molecule has 0 unspecified atom stereocenters. The summed E-state index contributed by atoms with van der Waals surface area (Å²) in [6, 6.07) is -0.113. The molecule has 1 fully saturated rings. The number of hydrogen-bond donors (Lipinski definition) is 2. The van der Waals surface area contributed by atoms with Gasteiger partial charge in [-0.3, -0.25) is 4.79 Å². The Balaban J connectivity index is 2.57. The third kappa shape index (κ3) is 2.69. The van der Waals surface area contributed by atoms with Gasteiger partial charge in [-0.1, -0.05) is 20.8 Å². The van der Waals surface area contributed by atoms with Crippen molar-refractivity contribution in [3.8, 4) is 0 Å². The average molecular weight is 184 g/mol. The molecule has 3 N–H and O–H groups in total. The third-order valence-electron chi connectivity index (χ3n) is 2.97. The van der Waals surface area contributed by atoms with E-state index in [0.29, 0.717) is 5.92 Å². The topological polar surface area (TPSA) is 55.1 Å². The number of primary amides is 1. The molecule has 1 amide bonds. The van der Waals surface area contributed by atoms with E-state index in [0.717, 1.165) is 19.4 Å². The molecule has 1 heterocycles. The number of nitrogens with one attached hydrogen (secondary N) is 1. The number of carbonyl (C=O) groups excluding carboxylic acids is 1. The summed E-state index contributed by atoms with van der Waals surface area (Å²) in [5, 5.41) is 3.15. The number of hydrogen-bond acceptors (Lipinski definition) is 2. The Morgan fingerprint density at radius 3 is 2.54 bits per heavy atom. The maximum Gasteiger partial charge on any atom is 0.234 e. The van der Waals surface area contributed by atoms with Gasteiger partial charge >= 0.3 is 0 Å². The predicted octanol–water partition coefficient (Wildman–Crippen LogP) is 0.886. The van der Waals surface area contributed by atoms with E-state index in [2.05, 4.69) is 26.1 Å². The molecule has 1 aliphatic heterocycles. The summed E-state index contributed by atoms with van der Waals surface area (Å²) in [4.78, 5) is 11.0. The molecule has 0 aromatic rings. The van der Waals surface area contributed by atoms with Gasteiger partial charge in [-0.2, -0.15) is 0 Å². The van der Waals surface area contributed by atoms with Gasteiger partial charge in [0.15, 0.2) is 0 Å². The van der Waals surface area contributed by atoms with E-state index in [1.807, 2.05) is 0 Å². The molecule has 1 aliphatic rings. The SMILES string of the molecule is CC(C)(C)[C@H]1CCN[C@@H](C(N)=O)C1. The number of rotatable bonds is 1. The van der Waals surface area contributed by atoms with Gasteiger partial charge in [-0.05, 0) is 30.7 Å². The molecule has 0 spiro atoms. The van der Waals surface area contributed by atoms with Crippen molar-refractivity contribution in [2.75, 3.05) is 6.54 Å². The Hall–Kier alpha value is -0.570. The van der Waals surface area contributed by atoms with Gasteiger partial charge in [0.25, 0.3) is 0 Å². The molecule has 0 bridgehead atoms. The summed E-state index contributed by atoms with van der Waals surface area (Å²) in [6.45, 7) is 7.58. The molecular formula is C10H20N2O. The van der Waals surface area contributed by atoms with Crippen LogP contribution in [0.5, 0.6) is 0 Å². The fraction of sp³-hybridized carbons (Fsp3) is 0.900. The molecule has 1 saturated heterocycles. The molecule has 0 saturated carbocycles. The van der Waals surface area contributed by atoms with Crippen molar-refractivity contribution in [3.63, 3.8) is 0 Å². The van der Waals surface area contributed by atoms with Crippen molar-refractivity contribution in [1.29, 1.82) is 0 Å². The monoisotopic (exact) mass is 184 g/mol. The molecular weight excluding hydrogens is 164 g/mol. The van der Waals surface area contributed by atoms with Gasteiger partial charge in [0.1, 0.15) is 0 Å². The highest BCUT2D eigenvalue weighted by Gasteiger charge is 2.32. The van der Waals surface area contributed by atoms with Crippen molar-refractivity contribution >= 4 is 5.91 Å². The van der Waals surface area contributed by atoms with E-state index in [-0.39, 0.29) is 17.4 Å². The lowest BCUT2D eigenvalue weighted by Gasteiger charge is -2.37. The van der Waals surface area contributed by atoms with E-state index in [1.165, 1.54) is 0 Å². The van der Waals surface area contributed by atoms with Gasteiger partial charge in [0.05, 0.1) is 6.04 Å². The first-order chi connectivity index (χ1) is 5.91. The minimum absolute atomic E-state index is 0.113. The number of nitrogens with two attached hydrogens (primary N) is 1. The first kappa shape index (κ1) is 10.5. The summed E-state index contributed by atoms with van der Waals surface area (Å²) >= 11 is 0. The molecule has 1 rings (SSSR count). The lowest BCUT2D eigenvalue weighted by atomic mass is 9.73. The van der Waals surface area contributed by atoms with E-state index in [9.17, 15) is 4.79 Å². The first-order valence-corrected chi connectivity index (χ1v) is 4.94. The van der Waals surface area contributed by atoms with Crippen LogP contribution in [0.3, 0.4) is 0 Å². The van der Waals surface area contributed by atoms with Crippen LogP contribution in [0.4, 0.5) is 0 Å². The highest BCUT2D eigenvalue weighted by molar-refractivity contribution is 5.79. The van der Waals surface area contributed by atoms with Crippen molar-refractivity contribution in [2.24, 2.45) is 17.1 Å². The predicted molar refractivity (Wildman–Crippen MR) is 53.2 cm³/mol. The maximum atomic E-state index is 11.0. The van der Waals surface area contributed by atoms with Crippen molar-refractivity contribution in [1.82, 2.24) is 5.32 Å². The van der Waals surface area contributed by atoms with E-state index in [4.69, 9.17) is 5.73 Å². The summed E-state index contributed by atoms with van der Waals surface area (Å²) in [5.41, 5.74) is 5.56. The largest absolute Gasteiger partial charge is 0.368 e. The van der Waals surface area contributed by atoms with E-state index in [1.54, 1.807) is 0 Å². The number of piperidine rings is 1. The molecule has 13 heavy (non-hydrogen) atoms. The zero-order valence-electron chi connectivity index (χ0n) is 8.76. The normalized spacial score (nSPS) is 30.1. The summed E-state index contributed by atoms with van der Waals surface area (Å²) < 4.78 is 0. The Labute approximate surface area is 80.1 Å². The van der Waals surface area contributed by atoms with Gasteiger partial charge < -0.3 is 11.1 Å². The van der Waals surface area contributed by atoms with E-state index >= 15 is 0 Å². The summed E-state index contributed by atoms with van der Waals surface area (Å²) in [5.74, 6) is 0.389. The van der Waals surface area contributed by atoms with Crippen LogP contribution in [-0.2, 0) is 4.79 Å². The molecule has 0 radical (unpaired) electrons. The van der Waals surface area contributed by atoms with Gasteiger partial charge in [0.2, 0.25) is 5.91 Å². The van der Waals surface area contributed by atoms with Crippen molar-refractivity contribution in [3.05, 3.63) is 0 Å². The second kappa shape index (κ2) is 3.66. The minimum Gasteiger partial charge on any atom is -0.368 e. The van der Waals surface area contributed by atoms with Crippen LogP contribution in [-0.4, -0.2) is 18.5 Å². The molecule has 76 valence electrons. The van der Waals surface area contributed by atoms with Crippen molar-refractivity contribution < 1.29 is 4.79 Å². The van der Waals surface area contributed by atoms with E-state index < -0.39 is 0 Å². The first-order valence-electron chi connectivity index (χ1n) is 4.94. The van der Waals surface area contributed by atoms with Crippen LogP contribution < -0.4 is 11.1 Å². The second-order valence-corrected chi connectivity index (χ2v) is 5.00.